The summed E-state index contributed by atoms with van der Waals surface area (Å²) in [6.45, 7) is 5.89. The van der Waals surface area contributed by atoms with Gasteiger partial charge in [0, 0.05) is 25.7 Å². The van der Waals surface area contributed by atoms with Crippen molar-refractivity contribution in [1.29, 1.82) is 0 Å². The van der Waals surface area contributed by atoms with Gasteiger partial charge in [-0.25, -0.2) is 4.79 Å². The number of hydrogen-bond acceptors (Lipinski definition) is 7. The third kappa shape index (κ3) is 4.26. The molecule has 2 atom stereocenters. The maximum atomic E-state index is 13.1. The van der Waals surface area contributed by atoms with E-state index in [-0.39, 0.29) is 18.4 Å². The van der Waals surface area contributed by atoms with Crippen molar-refractivity contribution in [2.24, 2.45) is 7.05 Å². The number of aromatic nitrogens is 2. The van der Waals surface area contributed by atoms with E-state index < -0.39 is 17.6 Å². The van der Waals surface area contributed by atoms with Gasteiger partial charge in [0.1, 0.15) is 11.5 Å². The Bertz CT molecular complexity index is 1130. The minimum absolute atomic E-state index is 0.0239. The summed E-state index contributed by atoms with van der Waals surface area (Å²) in [6, 6.07) is 8.99. The fraction of sp³-hybridized carbons (Fsp3) is 0.435. The second-order valence-electron chi connectivity index (χ2n) is 8.42. The molecule has 2 N–H and O–H groups in total. The van der Waals surface area contributed by atoms with Crippen LogP contribution in [-0.4, -0.2) is 54.0 Å². The summed E-state index contributed by atoms with van der Waals surface area (Å²) in [5.74, 6) is 0.271. The number of anilines is 2. The Balaban J connectivity index is 1.80. The second-order valence-corrected chi connectivity index (χ2v) is 8.42. The van der Waals surface area contributed by atoms with Gasteiger partial charge in [0.25, 0.3) is 5.56 Å². The van der Waals surface area contributed by atoms with Crippen LogP contribution in [0.5, 0.6) is 0 Å². The molecule has 1 saturated heterocycles. The molecule has 9 nitrogen and oxygen atoms in total. The predicted octanol–water partition coefficient (Wildman–Crippen LogP) is 1.21. The van der Waals surface area contributed by atoms with Gasteiger partial charge >= 0.3 is 5.69 Å². The van der Waals surface area contributed by atoms with Gasteiger partial charge in [-0.05, 0) is 26.8 Å². The van der Waals surface area contributed by atoms with Crippen LogP contribution in [0.3, 0.4) is 0 Å². The van der Waals surface area contributed by atoms with Crippen LogP contribution >= 0.6 is 0 Å². The van der Waals surface area contributed by atoms with E-state index in [1.54, 1.807) is 24.1 Å². The Morgan fingerprint density at radius 3 is 2.59 bits per heavy atom. The molecule has 2 aromatic rings. The van der Waals surface area contributed by atoms with Crippen LogP contribution in [0.25, 0.3) is 0 Å². The lowest BCUT2D eigenvalue weighted by Crippen LogP contribution is -2.50. The maximum absolute atomic E-state index is 13.1. The number of ether oxygens (including phenoxy) is 1. The van der Waals surface area contributed by atoms with Crippen LogP contribution in [0.1, 0.15) is 30.6 Å². The van der Waals surface area contributed by atoms with Crippen LogP contribution < -0.4 is 26.4 Å². The number of allylic oxidation sites excluding steroid dienone is 1. The van der Waals surface area contributed by atoms with Crippen LogP contribution in [0.4, 0.5) is 11.5 Å². The topological polar surface area (TPSA) is 99.7 Å². The number of nitrogens with one attached hydrogen (secondary N) is 2. The normalized spacial score (nSPS) is 19.8. The first-order valence-electron chi connectivity index (χ1n) is 10.8. The number of hydrogen-bond donors (Lipinski definition) is 2. The predicted molar refractivity (Wildman–Crippen MR) is 123 cm³/mol. The molecule has 0 radical (unpaired) electrons. The fourth-order valence-electron chi connectivity index (χ4n) is 4.12. The average Bonchev–Trinajstić information content (AvgIpc) is 3.38. The smallest absolute Gasteiger partial charge is 0.329 e. The number of benzene rings is 1. The average molecular weight is 440 g/mol. The molecular weight excluding hydrogens is 410 g/mol. The molecule has 0 amide bonds. The SMILES string of the molecule is CC(C)=CCN1c2c(n(C)c(=O)[nH]c2=O)N(CC(=O)c2ccccc2)[C@@H]1OC1CCNC1. The highest BCUT2D eigenvalue weighted by atomic mass is 16.5. The Kier molecular flexibility index (Phi) is 6.29. The van der Waals surface area contributed by atoms with E-state index in [2.05, 4.69) is 10.3 Å². The molecule has 32 heavy (non-hydrogen) atoms. The van der Waals surface area contributed by atoms with E-state index in [1.807, 2.05) is 43.0 Å². The number of Topliss-reactive ketones (excluding diaryl/α,β-unsaturated/α-hetero) is 1. The van der Waals surface area contributed by atoms with Crippen molar-refractivity contribution in [3.8, 4) is 0 Å². The molecular formula is C23H29N5O4. The van der Waals surface area contributed by atoms with Crippen LogP contribution in [0, 0.1) is 0 Å². The number of ketones is 1. The molecule has 9 heteroatoms. The minimum Gasteiger partial charge on any atom is -0.336 e. The van der Waals surface area contributed by atoms with Crippen molar-refractivity contribution in [3.63, 3.8) is 0 Å². The molecule has 4 rings (SSSR count). The zero-order valence-corrected chi connectivity index (χ0v) is 18.6. The lowest BCUT2D eigenvalue weighted by Gasteiger charge is -2.33. The molecule has 1 fully saturated rings. The fourth-order valence-corrected chi connectivity index (χ4v) is 4.12. The van der Waals surface area contributed by atoms with Crippen LogP contribution in [-0.2, 0) is 11.8 Å². The molecule has 0 aliphatic carbocycles. The van der Waals surface area contributed by atoms with Crippen LogP contribution in [0.15, 0.2) is 51.6 Å². The van der Waals surface area contributed by atoms with Crippen molar-refractivity contribution < 1.29 is 9.53 Å². The lowest BCUT2D eigenvalue weighted by atomic mass is 10.1. The van der Waals surface area contributed by atoms with Gasteiger partial charge in [-0.1, -0.05) is 42.0 Å². The highest BCUT2D eigenvalue weighted by Gasteiger charge is 2.43. The zero-order chi connectivity index (χ0) is 22.8. The summed E-state index contributed by atoms with van der Waals surface area (Å²) in [7, 11) is 1.59. The summed E-state index contributed by atoms with van der Waals surface area (Å²) in [5.41, 5.74) is 0.969. The summed E-state index contributed by atoms with van der Waals surface area (Å²) in [6.07, 6.45) is 2.08. The molecule has 2 aliphatic rings. The van der Waals surface area contributed by atoms with Crippen molar-refractivity contribution in [2.75, 3.05) is 36.0 Å². The highest BCUT2D eigenvalue weighted by molar-refractivity contribution is 6.00. The quantitative estimate of drug-likeness (QED) is 0.494. The zero-order valence-electron chi connectivity index (χ0n) is 18.6. The summed E-state index contributed by atoms with van der Waals surface area (Å²) >= 11 is 0. The van der Waals surface area contributed by atoms with Gasteiger partial charge in [0.05, 0.1) is 12.6 Å². The maximum Gasteiger partial charge on any atom is 0.329 e. The summed E-state index contributed by atoms with van der Waals surface area (Å²) in [4.78, 5) is 44.4. The van der Waals surface area contributed by atoms with Gasteiger partial charge in [-0.3, -0.25) is 19.1 Å². The third-order valence-electron chi connectivity index (χ3n) is 5.80. The molecule has 1 unspecified atom stereocenters. The first-order chi connectivity index (χ1) is 15.4. The molecule has 170 valence electrons. The molecule has 3 heterocycles. The van der Waals surface area contributed by atoms with Crippen molar-refractivity contribution in [3.05, 3.63) is 68.4 Å². The van der Waals surface area contributed by atoms with E-state index in [1.165, 1.54) is 4.57 Å². The number of carbonyl (C=O) groups excluding carboxylic acids is 1. The number of nitrogens with zero attached hydrogens (tertiary/aromatic N) is 3. The molecule has 0 saturated carbocycles. The third-order valence-corrected chi connectivity index (χ3v) is 5.80. The van der Waals surface area contributed by atoms with E-state index in [4.69, 9.17) is 4.74 Å². The first kappa shape index (κ1) is 22.0. The van der Waals surface area contributed by atoms with Gasteiger partial charge in [0.2, 0.25) is 6.35 Å². The lowest BCUT2D eigenvalue weighted by molar-refractivity contribution is 0.000920. The molecule has 0 spiro atoms. The Morgan fingerprint density at radius 1 is 1.19 bits per heavy atom. The van der Waals surface area contributed by atoms with E-state index in [0.717, 1.165) is 18.5 Å². The largest absolute Gasteiger partial charge is 0.336 e. The van der Waals surface area contributed by atoms with Crippen molar-refractivity contribution in [2.45, 2.75) is 32.7 Å². The Morgan fingerprint density at radius 2 is 1.94 bits per heavy atom. The van der Waals surface area contributed by atoms with Crippen molar-refractivity contribution in [1.82, 2.24) is 14.9 Å². The number of fused-ring (bicyclic) bond motifs is 1. The number of aromatic amines is 1. The van der Waals surface area contributed by atoms with Crippen molar-refractivity contribution >= 4 is 17.3 Å². The Hall–Kier alpha value is -3.17. The number of carbonyl (C=O) groups is 1. The molecule has 0 bridgehead atoms. The van der Waals surface area contributed by atoms with Gasteiger partial charge in [-0.2, -0.15) is 0 Å². The monoisotopic (exact) mass is 439 g/mol. The number of rotatable bonds is 7. The van der Waals surface area contributed by atoms with E-state index in [9.17, 15) is 14.4 Å². The molecule has 2 aliphatic heterocycles. The standard InChI is InChI=1S/C23H29N5O4/c1-15(2)10-12-27-19-20(30)25-22(31)26(3)21(19)28(23(27)32-17-9-11-24-13-17)14-18(29)16-7-5-4-6-8-16/h4-8,10,17,23-24H,9,11-14H2,1-3H3,(H,25,30,31)/t17?,23-/m1/s1. The van der Waals surface area contributed by atoms with E-state index >= 15 is 0 Å². The van der Waals surface area contributed by atoms with Gasteiger partial charge in [0.15, 0.2) is 5.78 Å². The highest BCUT2D eigenvalue weighted by Crippen LogP contribution is 2.37. The Labute approximate surface area is 186 Å². The van der Waals surface area contributed by atoms with E-state index in [0.29, 0.717) is 30.2 Å². The van der Waals surface area contributed by atoms with Gasteiger partial charge < -0.3 is 19.9 Å². The van der Waals surface area contributed by atoms with Crippen LogP contribution in [0.2, 0.25) is 0 Å². The minimum atomic E-state index is -0.688. The first-order valence-corrected chi connectivity index (χ1v) is 10.8. The second kappa shape index (κ2) is 9.13. The number of H-pyrrole nitrogens is 1. The van der Waals surface area contributed by atoms with Gasteiger partial charge in [-0.15, -0.1) is 0 Å². The molecule has 1 aromatic heterocycles. The summed E-state index contributed by atoms with van der Waals surface area (Å²) < 4.78 is 7.81. The molecule has 1 aromatic carbocycles. The summed E-state index contributed by atoms with van der Waals surface area (Å²) in [5, 5.41) is 3.28.